The molecule has 0 aliphatic heterocycles. The molecule has 0 amide bonds. The lowest BCUT2D eigenvalue weighted by Crippen LogP contribution is -2.21. The number of nitrogens with two attached hydrogens (primary N) is 1. The Labute approximate surface area is 102 Å². The lowest BCUT2D eigenvalue weighted by molar-refractivity contribution is 0.0128. The van der Waals surface area contributed by atoms with Gasteiger partial charge < -0.3 is 15.9 Å². The third-order valence-electron chi connectivity index (χ3n) is 2.03. The molecule has 1 rings (SSSR count). The molecule has 92 valence electrons. The topological polar surface area (TPSA) is 141 Å². The van der Waals surface area contributed by atoms with Crippen LogP contribution in [0.4, 0.5) is 5.82 Å². The molecule has 0 aromatic carbocycles. The molecule has 0 saturated carbocycles. The number of hydrogen-bond acceptors (Lipinski definition) is 6. The molecule has 0 spiro atoms. The summed E-state index contributed by atoms with van der Waals surface area (Å²) >= 11 is 5.55. The second-order valence-corrected chi connectivity index (χ2v) is 3.61. The van der Waals surface area contributed by atoms with Gasteiger partial charge in [-0.05, 0) is 12.0 Å². The van der Waals surface area contributed by atoms with E-state index in [4.69, 9.17) is 22.9 Å². The van der Waals surface area contributed by atoms with Crippen molar-refractivity contribution in [3.05, 3.63) is 27.5 Å². The van der Waals surface area contributed by atoms with Crippen LogP contribution >= 0.6 is 11.6 Å². The summed E-state index contributed by atoms with van der Waals surface area (Å²) in [4.78, 5) is 10.0. The van der Waals surface area contributed by atoms with Crippen LogP contribution in [0.15, 0.2) is 11.3 Å². The van der Waals surface area contributed by atoms with E-state index >= 15 is 0 Å². The van der Waals surface area contributed by atoms with Gasteiger partial charge in [-0.25, -0.2) is 4.98 Å². The maximum Gasteiger partial charge on any atom is 0.149 e. The molecule has 0 aliphatic carbocycles. The fraction of sp³-hybridized carbons (Fsp3) is 0.500. The summed E-state index contributed by atoms with van der Waals surface area (Å²) in [6.07, 6.45) is -1.13. The largest absolute Gasteiger partial charge is 0.390 e. The highest BCUT2D eigenvalue weighted by atomic mass is 35.5. The van der Waals surface area contributed by atoms with Crippen molar-refractivity contribution in [2.45, 2.75) is 18.6 Å². The highest BCUT2D eigenvalue weighted by Gasteiger charge is 2.22. The van der Waals surface area contributed by atoms with Crippen molar-refractivity contribution in [2.24, 2.45) is 5.11 Å². The minimum absolute atomic E-state index is 0.0443. The number of nitrogens with zero attached hydrogens (tertiary/aromatic N) is 5. The van der Waals surface area contributed by atoms with Gasteiger partial charge in [-0.3, -0.25) is 4.98 Å². The second kappa shape index (κ2) is 6.21. The first-order valence-electron chi connectivity index (χ1n) is 4.71. The summed E-state index contributed by atoms with van der Waals surface area (Å²) in [5.41, 5.74) is 13.6. The van der Waals surface area contributed by atoms with Crippen LogP contribution in [0.2, 0.25) is 5.15 Å². The van der Waals surface area contributed by atoms with Gasteiger partial charge >= 0.3 is 0 Å². The molecule has 4 N–H and O–H groups in total. The first kappa shape index (κ1) is 13.5. The Morgan fingerprint density at radius 2 is 2.29 bits per heavy atom. The molecule has 1 aromatic rings. The van der Waals surface area contributed by atoms with E-state index in [0.29, 0.717) is 0 Å². The van der Waals surface area contributed by atoms with Crippen LogP contribution in [0.25, 0.3) is 10.4 Å². The van der Waals surface area contributed by atoms with E-state index in [1.807, 2.05) is 0 Å². The average Bonchev–Trinajstić information content (AvgIpc) is 2.28. The summed E-state index contributed by atoms with van der Waals surface area (Å²) in [6, 6.07) is 0. The maximum absolute atomic E-state index is 9.75. The highest BCUT2D eigenvalue weighted by Crippen LogP contribution is 2.22. The molecule has 0 fully saturated rings. The second-order valence-electron chi connectivity index (χ2n) is 3.22. The van der Waals surface area contributed by atoms with Crippen LogP contribution < -0.4 is 5.73 Å². The first-order chi connectivity index (χ1) is 8.06. The van der Waals surface area contributed by atoms with Gasteiger partial charge in [-0.1, -0.05) is 16.7 Å². The van der Waals surface area contributed by atoms with Crippen molar-refractivity contribution in [3.8, 4) is 0 Å². The van der Waals surface area contributed by atoms with Crippen LogP contribution in [0, 0.1) is 0 Å². The fourth-order valence-electron chi connectivity index (χ4n) is 1.19. The molecule has 2 unspecified atom stereocenters. The molecule has 9 heteroatoms. The predicted molar refractivity (Wildman–Crippen MR) is 61.1 cm³/mol. The van der Waals surface area contributed by atoms with Crippen molar-refractivity contribution in [1.82, 2.24) is 9.97 Å². The normalized spacial score (nSPS) is 13.8. The molecule has 17 heavy (non-hydrogen) atoms. The van der Waals surface area contributed by atoms with E-state index in [9.17, 15) is 10.2 Å². The van der Waals surface area contributed by atoms with Gasteiger partial charge in [0.25, 0.3) is 0 Å². The Hall–Kier alpha value is -1.60. The van der Waals surface area contributed by atoms with Crippen LogP contribution in [0.3, 0.4) is 0 Å². The predicted octanol–water partition coefficient (Wildman–Crippen LogP) is 0.807. The smallest absolute Gasteiger partial charge is 0.149 e. The van der Waals surface area contributed by atoms with Gasteiger partial charge in [0.1, 0.15) is 22.8 Å². The van der Waals surface area contributed by atoms with Crippen molar-refractivity contribution < 1.29 is 10.2 Å². The lowest BCUT2D eigenvalue weighted by atomic mass is 10.1. The number of halogens is 1. The molecule has 1 aromatic heterocycles. The Balaban J connectivity index is 2.73. The fourth-order valence-corrected chi connectivity index (χ4v) is 1.33. The Bertz CT molecular complexity index is 436. The van der Waals surface area contributed by atoms with Gasteiger partial charge in [0, 0.05) is 11.5 Å². The number of nitrogen functional groups attached to an aromatic ring is 1. The summed E-state index contributed by atoms with van der Waals surface area (Å²) < 4.78 is 0. The molecule has 0 radical (unpaired) electrons. The summed E-state index contributed by atoms with van der Waals surface area (Å²) in [7, 11) is 0. The minimum Gasteiger partial charge on any atom is -0.390 e. The number of anilines is 1. The Kier molecular flexibility index (Phi) is 4.92. The van der Waals surface area contributed by atoms with Gasteiger partial charge in [0.05, 0.1) is 12.3 Å². The zero-order valence-corrected chi connectivity index (χ0v) is 9.49. The van der Waals surface area contributed by atoms with E-state index in [1.54, 1.807) is 0 Å². The van der Waals surface area contributed by atoms with Gasteiger partial charge in [0.2, 0.25) is 0 Å². The van der Waals surface area contributed by atoms with Gasteiger partial charge in [0.15, 0.2) is 0 Å². The van der Waals surface area contributed by atoms with Crippen LogP contribution in [0.1, 0.15) is 18.2 Å². The van der Waals surface area contributed by atoms with Crippen LogP contribution in [-0.4, -0.2) is 32.8 Å². The standard InChI is InChI=1S/C8H11ClN6O2/c9-5-3-12-6(8(10)14-5)7(17)4(16)1-2-13-15-11/h3-4,7,16-17H,1-2H2,(H2,10,14). The molecule has 0 bridgehead atoms. The van der Waals surface area contributed by atoms with E-state index in [0.717, 1.165) is 0 Å². The zero-order valence-electron chi connectivity index (χ0n) is 8.73. The highest BCUT2D eigenvalue weighted by molar-refractivity contribution is 6.29. The van der Waals surface area contributed by atoms with Gasteiger partial charge in [-0.2, -0.15) is 0 Å². The first-order valence-corrected chi connectivity index (χ1v) is 5.09. The summed E-state index contributed by atoms with van der Waals surface area (Å²) in [6.45, 7) is 0.0651. The SMILES string of the molecule is [N-]=[N+]=NCCC(O)C(O)c1ncc(Cl)nc1N. The van der Waals surface area contributed by atoms with Crippen molar-refractivity contribution >= 4 is 17.4 Å². The number of aliphatic hydroxyl groups excluding tert-OH is 2. The molecule has 0 aliphatic rings. The lowest BCUT2D eigenvalue weighted by Gasteiger charge is -2.17. The van der Waals surface area contributed by atoms with E-state index < -0.39 is 12.2 Å². The number of aromatic nitrogens is 2. The monoisotopic (exact) mass is 258 g/mol. The van der Waals surface area contributed by atoms with E-state index in [2.05, 4.69) is 20.0 Å². The molecular formula is C8H11ClN6O2. The van der Waals surface area contributed by atoms with Crippen molar-refractivity contribution in [2.75, 3.05) is 12.3 Å². The average molecular weight is 259 g/mol. The quantitative estimate of drug-likeness (QED) is 0.407. The number of azide groups is 1. The van der Waals surface area contributed by atoms with Gasteiger partial charge in [-0.15, -0.1) is 0 Å². The maximum atomic E-state index is 9.75. The van der Waals surface area contributed by atoms with Crippen molar-refractivity contribution in [1.29, 1.82) is 0 Å². The van der Waals surface area contributed by atoms with E-state index in [-0.39, 0.29) is 29.6 Å². The molecule has 0 saturated heterocycles. The molecular weight excluding hydrogens is 248 g/mol. The summed E-state index contributed by atoms with van der Waals surface area (Å²) in [5.74, 6) is -0.0483. The molecule has 8 nitrogen and oxygen atoms in total. The minimum atomic E-state index is -1.30. The van der Waals surface area contributed by atoms with Crippen LogP contribution in [-0.2, 0) is 0 Å². The third kappa shape index (κ3) is 3.72. The number of rotatable bonds is 5. The van der Waals surface area contributed by atoms with Crippen LogP contribution in [0.5, 0.6) is 0 Å². The Morgan fingerprint density at radius 1 is 1.59 bits per heavy atom. The Morgan fingerprint density at radius 3 is 2.88 bits per heavy atom. The van der Waals surface area contributed by atoms with E-state index in [1.165, 1.54) is 6.20 Å². The van der Waals surface area contributed by atoms with Crippen molar-refractivity contribution in [3.63, 3.8) is 0 Å². The zero-order chi connectivity index (χ0) is 12.8. The number of hydrogen-bond donors (Lipinski definition) is 3. The summed E-state index contributed by atoms with van der Waals surface area (Å²) in [5, 5.41) is 22.7. The third-order valence-corrected chi connectivity index (χ3v) is 2.21. The molecule has 1 heterocycles. The molecule has 2 atom stereocenters. The number of aliphatic hydroxyl groups is 2.